The number of alkyl carbamates (subject to hydrolysis) is 1. The zero-order valence-electron chi connectivity index (χ0n) is 9.17. The van der Waals surface area contributed by atoms with Crippen molar-refractivity contribution in [2.24, 2.45) is 11.8 Å². The monoisotopic (exact) mass is 197 g/mol. The molecule has 0 aromatic heterocycles. The van der Waals surface area contributed by atoms with Crippen LogP contribution in [-0.4, -0.2) is 19.2 Å². The van der Waals surface area contributed by atoms with Crippen LogP contribution in [0.1, 0.15) is 27.2 Å². The van der Waals surface area contributed by atoms with Gasteiger partial charge >= 0.3 is 6.09 Å². The van der Waals surface area contributed by atoms with E-state index in [0.717, 1.165) is 6.42 Å². The van der Waals surface area contributed by atoms with E-state index in [-0.39, 0.29) is 6.09 Å². The van der Waals surface area contributed by atoms with Gasteiger partial charge in [0.05, 0.1) is 0 Å². The molecule has 0 aromatic rings. The molecule has 0 bridgehead atoms. The van der Waals surface area contributed by atoms with E-state index < -0.39 is 0 Å². The molecule has 1 aliphatic carbocycles. The summed E-state index contributed by atoms with van der Waals surface area (Å²) in [5.41, 5.74) is 1.32. The highest BCUT2D eigenvalue weighted by molar-refractivity contribution is 5.67. The van der Waals surface area contributed by atoms with Gasteiger partial charge in [-0.1, -0.05) is 25.5 Å². The Morgan fingerprint density at radius 2 is 2.29 bits per heavy atom. The van der Waals surface area contributed by atoms with E-state index >= 15 is 0 Å². The van der Waals surface area contributed by atoms with Crippen molar-refractivity contribution >= 4 is 6.09 Å². The van der Waals surface area contributed by atoms with Gasteiger partial charge in [0.15, 0.2) is 0 Å². The number of carbonyl (C=O) groups excluding carboxylic acids is 1. The molecule has 1 atom stereocenters. The third-order valence-electron chi connectivity index (χ3n) is 2.32. The van der Waals surface area contributed by atoms with Crippen molar-refractivity contribution in [2.75, 3.05) is 13.2 Å². The van der Waals surface area contributed by atoms with Crippen LogP contribution in [0.25, 0.3) is 0 Å². The molecule has 0 radical (unpaired) electrons. The summed E-state index contributed by atoms with van der Waals surface area (Å²) in [6.07, 6.45) is 2.80. The fourth-order valence-electron chi connectivity index (χ4n) is 1.13. The predicted octanol–water partition coefficient (Wildman–Crippen LogP) is 2.33. The van der Waals surface area contributed by atoms with Gasteiger partial charge in [0, 0.05) is 12.5 Å². The Morgan fingerprint density at radius 3 is 2.79 bits per heavy atom. The van der Waals surface area contributed by atoms with Gasteiger partial charge in [0.1, 0.15) is 6.61 Å². The van der Waals surface area contributed by atoms with Crippen molar-refractivity contribution in [3.8, 4) is 0 Å². The number of nitrogens with one attached hydrogen (secondary N) is 1. The Balaban J connectivity index is 1.94. The van der Waals surface area contributed by atoms with Crippen LogP contribution in [-0.2, 0) is 4.74 Å². The highest BCUT2D eigenvalue weighted by Crippen LogP contribution is 2.27. The first-order valence-corrected chi connectivity index (χ1v) is 5.18. The molecular weight excluding hydrogens is 178 g/mol. The number of rotatable bonds is 5. The Hall–Kier alpha value is -0.990. The Morgan fingerprint density at radius 1 is 1.64 bits per heavy atom. The molecule has 1 amide bonds. The minimum Gasteiger partial charge on any atom is -0.449 e. The molecule has 1 N–H and O–H groups in total. The lowest BCUT2D eigenvalue weighted by Crippen LogP contribution is -2.26. The number of ether oxygens (including phenoxy) is 1. The summed E-state index contributed by atoms with van der Waals surface area (Å²) in [5, 5.41) is 2.73. The van der Waals surface area contributed by atoms with Crippen molar-refractivity contribution in [3.05, 3.63) is 11.6 Å². The molecule has 0 aromatic carbocycles. The molecule has 0 spiro atoms. The third-order valence-corrected chi connectivity index (χ3v) is 2.32. The molecule has 1 unspecified atom stereocenters. The van der Waals surface area contributed by atoms with Crippen LogP contribution in [0.2, 0.25) is 0 Å². The van der Waals surface area contributed by atoms with Crippen molar-refractivity contribution < 1.29 is 9.53 Å². The number of carbonyl (C=O) groups is 1. The smallest absolute Gasteiger partial charge is 0.407 e. The van der Waals surface area contributed by atoms with E-state index in [0.29, 0.717) is 25.0 Å². The fourth-order valence-corrected chi connectivity index (χ4v) is 1.13. The maximum Gasteiger partial charge on any atom is 0.407 e. The average molecular weight is 197 g/mol. The minimum absolute atomic E-state index is 0.293. The van der Waals surface area contributed by atoms with Gasteiger partial charge in [-0.2, -0.15) is 0 Å². The van der Waals surface area contributed by atoms with Crippen molar-refractivity contribution in [1.29, 1.82) is 0 Å². The van der Waals surface area contributed by atoms with Crippen LogP contribution < -0.4 is 5.32 Å². The lowest BCUT2D eigenvalue weighted by molar-refractivity contribution is 0.142. The minimum atomic E-state index is -0.293. The molecule has 1 aliphatic rings. The van der Waals surface area contributed by atoms with E-state index in [1.165, 1.54) is 5.57 Å². The van der Waals surface area contributed by atoms with Crippen LogP contribution in [0.3, 0.4) is 0 Å². The molecular formula is C11H19NO2. The number of amides is 1. The first-order valence-electron chi connectivity index (χ1n) is 5.18. The summed E-state index contributed by atoms with van der Waals surface area (Å²) < 4.78 is 5.02. The largest absolute Gasteiger partial charge is 0.449 e. The second-order valence-electron chi connectivity index (χ2n) is 4.22. The normalized spacial score (nSPS) is 19.1. The van der Waals surface area contributed by atoms with E-state index in [1.807, 2.05) is 6.92 Å². The molecule has 14 heavy (non-hydrogen) atoms. The maximum atomic E-state index is 11.1. The number of hydrogen-bond acceptors (Lipinski definition) is 2. The van der Waals surface area contributed by atoms with Gasteiger partial charge in [-0.25, -0.2) is 4.79 Å². The zero-order chi connectivity index (χ0) is 10.6. The third kappa shape index (κ3) is 4.30. The lowest BCUT2D eigenvalue weighted by atomic mass is 10.1. The summed E-state index contributed by atoms with van der Waals surface area (Å²) >= 11 is 0. The summed E-state index contributed by atoms with van der Waals surface area (Å²) in [4.78, 5) is 11.1. The molecule has 0 aliphatic heterocycles. The van der Waals surface area contributed by atoms with Gasteiger partial charge in [-0.05, 0) is 19.3 Å². The predicted molar refractivity (Wildman–Crippen MR) is 56.1 cm³/mol. The highest BCUT2D eigenvalue weighted by Gasteiger charge is 2.21. The number of hydrogen-bond donors (Lipinski definition) is 1. The Labute approximate surface area is 85.5 Å². The fraction of sp³-hybridized carbons (Fsp3) is 0.727. The van der Waals surface area contributed by atoms with E-state index in [4.69, 9.17) is 4.74 Å². The molecule has 0 fully saturated rings. The van der Waals surface area contributed by atoms with E-state index in [9.17, 15) is 4.79 Å². The van der Waals surface area contributed by atoms with Crippen LogP contribution >= 0.6 is 0 Å². The first-order chi connectivity index (χ1) is 6.59. The van der Waals surface area contributed by atoms with Crippen LogP contribution in [0.15, 0.2) is 11.6 Å². The molecule has 1 rings (SSSR count). The van der Waals surface area contributed by atoms with E-state index in [1.54, 1.807) is 0 Å². The van der Waals surface area contributed by atoms with Gasteiger partial charge in [0.2, 0.25) is 0 Å². The van der Waals surface area contributed by atoms with Gasteiger partial charge in [-0.15, -0.1) is 0 Å². The average Bonchev–Trinajstić information content (AvgIpc) is 2.78. The lowest BCUT2D eigenvalue weighted by Gasteiger charge is -2.07. The van der Waals surface area contributed by atoms with Crippen molar-refractivity contribution in [3.63, 3.8) is 0 Å². The molecule has 3 nitrogen and oxygen atoms in total. The summed E-state index contributed by atoms with van der Waals surface area (Å²) in [6, 6.07) is 0. The molecule has 3 heteroatoms. The Kier molecular flexibility index (Phi) is 3.98. The summed E-state index contributed by atoms with van der Waals surface area (Å²) in [7, 11) is 0. The Bertz CT molecular complexity index is 233. The SMILES string of the molecule is CC1=CC1COC(=O)NCCC(C)C. The standard InChI is InChI=1S/C11H19NO2/c1-8(2)4-5-12-11(13)14-7-10-6-9(10)3/h6,8,10H,4-5,7H2,1-3H3,(H,12,13). The quantitative estimate of drug-likeness (QED) is 0.687. The summed E-state index contributed by atoms with van der Waals surface area (Å²) in [6.45, 7) is 7.51. The van der Waals surface area contributed by atoms with Crippen LogP contribution in [0, 0.1) is 11.8 Å². The maximum absolute atomic E-state index is 11.1. The second-order valence-corrected chi connectivity index (χ2v) is 4.22. The van der Waals surface area contributed by atoms with Gasteiger partial charge in [-0.3, -0.25) is 0 Å². The van der Waals surface area contributed by atoms with Crippen LogP contribution in [0.4, 0.5) is 4.79 Å². The highest BCUT2D eigenvalue weighted by atomic mass is 16.5. The first kappa shape index (κ1) is 11.1. The summed E-state index contributed by atoms with van der Waals surface area (Å²) in [5.74, 6) is 1.02. The van der Waals surface area contributed by atoms with Crippen molar-refractivity contribution in [1.82, 2.24) is 5.32 Å². The van der Waals surface area contributed by atoms with Crippen LogP contribution in [0.5, 0.6) is 0 Å². The molecule has 80 valence electrons. The molecule has 0 saturated heterocycles. The van der Waals surface area contributed by atoms with Crippen molar-refractivity contribution in [2.45, 2.75) is 27.2 Å². The zero-order valence-corrected chi connectivity index (χ0v) is 9.17. The second kappa shape index (κ2) is 5.03. The molecule has 0 heterocycles. The topological polar surface area (TPSA) is 38.3 Å². The van der Waals surface area contributed by atoms with Gasteiger partial charge in [0.25, 0.3) is 0 Å². The van der Waals surface area contributed by atoms with E-state index in [2.05, 4.69) is 25.2 Å². The van der Waals surface area contributed by atoms with Gasteiger partial charge < -0.3 is 10.1 Å². The molecule has 0 saturated carbocycles.